The van der Waals surface area contributed by atoms with Crippen LogP contribution >= 0.6 is 22.6 Å². The first-order valence-electron chi connectivity index (χ1n) is 25.7. The van der Waals surface area contributed by atoms with E-state index in [1.807, 2.05) is 71.6 Å². The normalized spacial score (nSPS) is 24.1. The summed E-state index contributed by atoms with van der Waals surface area (Å²) in [6, 6.07) is 25.6. The van der Waals surface area contributed by atoms with E-state index in [1.165, 1.54) is 34.8 Å². The monoisotopic (exact) mass is 1070 g/mol. The van der Waals surface area contributed by atoms with Crippen LogP contribution in [-0.4, -0.2) is 108 Å². The highest BCUT2D eigenvalue weighted by molar-refractivity contribution is 14.1. The minimum Gasteiger partial charge on any atom is -0.354 e. The Morgan fingerprint density at radius 3 is 1.50 bits per heavy atom. The first-order valence-corrected chi connectivity index (χ1v) is 26.7. The molecule has 4 N–H and O–H groups in total. The van der Waals surface area contributed by atoms with Crippen LogP contribution in [-0.2, 0) is 25.7 Å². The molecule has 4 aromatic rings. The smallest absolute Gasteiger partial charge is 0.227 e. The topological polar surface area (TPSA) is 156 Å². The molecule has 3 aromatic heterocycles. The van der Waals surface area contributed by atoms with Crippen molar-refractivity contribution >= 4 is 57.6 Å². The van der Waals surface area contributed by atoms with Gasteiger partial charge in [0.1, 0.15) is 0 Å². The Hall–Kier alpha value is -4.84. The highest BCUT2D eigenvalue weighted by Crippen LogP contribution is 2.27. The number of aromatic nitrogens is 3. The number of carbonyl (C=O) groups excluding carboxylic acids is 4. The van der Waals surface area contributed by atoms with Crippen LogP contribution in [0.15, 0.2) is 104 Å². The van der Waals surface area contributed by atoms with Crippen LogP contribution in [0.25, 0.3) is 0 Å². The van der Waals surface area contributed by atoms with Crippen LogP contribution in [0.4, 0.5) is 11.4 Å². The minimum absolute atomic E-state index is 0.201. The van der Waals surface area contributed by atoms with Gasteiger partial charge in [-0.15, -0.1) is 0 Å². The fourth-order valence-corrected chi connectivity index (χ4v) is 10.2. The second-order valence-electron chi connectivity index (χ2n) is 19.1. The zero-order chi connectivity index (χ0) is 50.3. The fourth-order valence-electron chi connectivity index (χ4n) is 9.88. The molecular weight excluding hydrogens is 992 g/mol. The lowest BCUT2D eigenvalue weighted by Gasteiger charge is -2.34. The maximum Gasteiger partial charge on any atom is 0.227 e. The van der Waals surface area contributed by atoms with Crippen molar-refractivity contribution in [3.63, 3.8) is 0 Å². The number of anilines is 2. The van der Waals surface area contributed by atoms with E-state index in [0.29, 0.717) is 61.0 Å². The third-order valence-corrected chi connectivity index (χ3v) is 14.6. The number of carbonyl (C=O) groups is 4. The van der Waals surface area contributed by atoms with Gasteiger partial charge in [-0.25, -0.2) is 4.57 Å². The van der Waals surface area contributed by atoms with E-state index in [9.17, 15) is 19.2 Å². The van der Waals surface area contributed by atoms with Gasteiger partial charge in [-0.05, 0) is 153 Å². The van der Waals surface area contributed by atoms with Gasteiger partial charge >= 0.3 is 0 Å². The number of hydrogen-bond acceptors (Lipinski definition) is 9. The van der Waals surface area contributed by atoms with Crippen LogP contribution in [0.2, 0.25) is 0 Å². The molecule has 14 nitrogen and oxygen atoms in total. The van der Waals surface area contributed by atoms with Crippen molar-refractivity contribution in [3.05, 3.63) is 113 Å². The molecule has 5 aliphatic heterocycles. The van der Waals surface area contributed by atoms with Gasteiger partial charge in [-0.2, -0.15) is 0 Å². The van der Waals surface area contributed by atoms with Crippen molar-refractivity contribution in [1.82, 2.24) is 36.1 Å². The molecule has 8 heterocycles. The summed E-state index contributed by atoms with van der Waals surface area (Å²) < 4.78 is 3.36. The predicted molar refractivity (Wildman–Crippen MR) is 288 cm³/mol. The van der Waals surface area contributed by atoms with Crippen LogP contribution in [0.1, 0.15) is 123 Å². The maximum atomic E-state index is 11.9. The summed E-state index contributed by atoms with van der Waals surface area (Å²) in [4.78, 5) is 59.0. The van der Waals surface area contributed by atoms with Crippen molar-refractivity contribution in [1.29, 1.82) is 0 Å². The lowest BCUT2D eigenvalue weighted by molar-refractivity contribution is -0.688. The summed E-state index contributed by atoms with van der Waals surface area (Å²) in [5.74, 6) is 1.03. The highest BCUT2D eigenvalue weighted by Gasteiger charge is 2.34. The average Bonchev–Trinajstić information content (AvgIpc) is 4.15. The second kappa shape index (κ2) is 30.1. The lowest BCUT2D eigenvalue weighted by atomic mass is 9.91. The zero-order valence-electron chi connectivity index (χ0n) is 42.6. The number of likely N-dealkylation sites (tertiary alicyclic amines) is 1. The SMILES string of the molecule is CN[C@H]1CCCC[C@@H]1NC.C[C@H]1CCC(=O)N1.C[C@H]1CCC(=O)N1C1CCNCC1.C[C@H]1CCC(=O)N1c1cc[n+](Cc2ccccc2)cc1.C[C@H]1CCC(=O)N1c1ccncc1.Ic1ccncc1. The molecule has 1 aliphatic carbocycles. The Morgan fingerprint density at radius 2 is 1.10 bits per heavy atom. The quantitative estimate of drug-likeness (QED) is 0.108. The van der Waals surface area contributed by atoms with Gasteiger partial charge in [0.2, 0.25) is 23.6 Å². The van der Waals surface area contributed by atoms with E-state index in [2.05, 4.69) is 122 Å². The van der Waals surface area contributed by atoms with Crippen molar-refractivity contribution < 1.29 is 23.7 Å². The number of benzene rings is 1. The Labute approximate surface area is 431 Å². The zero-order valence-corrected chi connectivity index (χ0v) is 44.7. The number of likely N-dealkylation sites (N-methyl/N-ethyl adjacent to an activating group) is 2. The molecule has 1 aromatic carbocycles. The number of halogens is 1. The number of hydrogen-bond donors (Lipinski definition) is 4. The summed E-state index contributed by atoms with van der Waals surface area (Å²) in [7, 11) is 4.11. The number of pyridine rings is 3. The van der Waals surface area contributed by atoms with E-state index < -0.39 is 0 Å². The Bertz CT molecular complexity index is 2140. The van der Waals surface area contributed by atoms with Crippen molar-refractivity contribution in [2.75, 3.05) is 37.0 Å². The molecule has 6 atom stereocenters. The van der Waals surface area contributed by atoms with Crippen molar-refractivity contribution in [2.45, 2.75) is 166 Å². The number of rotatable bonds is 7. The van der Waals surface area contributed by atoms with Crippen LogP contribution in [0.3, 0.4) is 0 Å². The Morgan fingerprint density at radius 1 is 0.600 bits per heavy atom. The summed E-state index contributed by atoms with van der Waals surface area (Å²) >= 11 is 2.24. The van der Waals surface area contributed by atoms with Crippen LogP contribution in [0.5, 0.6) is 0 Å². The van der Waals surface area contributed by atoms with Gasteiger partial charge in [0, 0.05) is 120 Å². The number of piperidine rings is 1. The molecule has 0 spiro atoms. The standard InChI is InChI=1S/C17H19N2O.C10H18N2O.C10H12N2O.C8H18N2.C5H4IN.C5H9NO/c1-14-7-8-17(20)19(14)16-9-11-18(12-10-16)13-15-5-3-2-4-6-15;2*1-8-2-3-10(13)12(8)9-4-6-11-7-5-9;1-9-7-5-3-4-6-8(7)10-2;6-5-1-3-7-4-2-5;1-4-2-3-5(7)6-4/h2-6,9-12,14H,7-8,13H2,1H3;8-9,11H,2-7H2,1H3;4-8H,2-3H2,1H3;7-10H,3-6H2,1-2H3;1-4H;4H,2-3H2,1H3,(H,6,7)/q+1;;;;;/t14-;2*8-;7-,8-;;4-/m0000.0/s1. The molecule has 0 bridgehead atoms. The molecule has 0 radical (unpaired) electrons. The van der Waals surface area contributed by atoms with Crippen molar-refractivity contribution in [3.8, 4) is 0 Å². The Balaban J connectivity index is 0.000000163. The lowest BCUT2D eigenvalue weighted by Crippen LogP contribution is -2.47. The van der Waals surface area contributed by atoms with Gasteiger partial charge in [0.15, 0.2) is 18.9 Å². The van der Waals surface area contributed by atoms with E-state index in [1.54, 1.807) is 24.8 Å². The molecule has 70 heavy (non-hydrogen) atoms. The van der Waals surface area contributed by atoms with Gasteiger partial charge < -0.3 is 36.0 Å². The first-order chi connectivity index (χ1) is 33.9. The molecule has 380 valence electrons. The largest absolute Gasteiger partial charge is 0.354 e. The highest BCUT2D eigenvalue weighted by atomic mass is 127. The summed E-state index contributed by atoms with van der Waals surface area (Å²) in [5.41, 5.74) is 3.24. The molecule has 5 saturated heterocycles. The predicted octanol–water partition coefficient (Wildman–Crippen LogP) is 7.59. The van der Waals surface area contributed by atoms with Gasteiger partial charge in [-0.3, -0.25) is 29.1 Å². The molecule has 15 heteroatoms. The number of amides is 4. The van der Waals surface area contributed by atoms with E-state index in [-0.39, 0.29) is 17.7 Å². The maximum absolute atomic E-state index is 11.9. The van der Waals surface area contributed by atoms with Crippen LogP contribution in [0, 0.1) is 3.57 Å². The summed E-state index contributed by atoms with van der Waals surface area (Å²) in [6.45, 7) is 11.4. The first kappa shape index (κ1) is 56.1. The van der Waals surface area contributed by atoms with E-state index in [0.717, 1.165) is 82.4 Å². The molecule has 6 aliphatic rings. The van der Waals surface area contributed by atoms with Gasteiger partial charge in [-0.1, -0.05) is 43.2 Å². The summed E-state index contributed by atoms with van der Waals surface area (Å²) in [6.07, 6.45) is 25.6. The summed E-state index contributed by atoms with van der Waals surface area (Å²) in [5, 5.41) is 12.8. The second-order valence-corrected chi connectivity index (χ2v) is 20.4. The minimum atomic E-state index is 0.201. The van der Waals surface area contributed by atoms with Gasteiger partial charge in [0.05, 0.1) is 5.69 Å². The van der Waals surface area contributed by atoms with E-state index in [4.69, 9.17) is 0 Å². The van der Waals surface area contributed by atoms with E-state index >= 15 is 0 Å². The molecule has 10 rings (SSSR count). The average molecular weight is 1070 g/mol. The fraction of sp³-hybridized carbons (Fsp3) is 0.545. The number of nitrogens with one attached hydrogen (secondary N) is 4. The van der Waals surface area contributed by atoms with Gasteiger partial charge in [0.25, 0.3) is 0 Å². The third-order valence-electron chi connectivity index (χ3n) is 13.9. The molecule has 6 fully saturated rings. The number of nitrogens with zero attached hydrogens (tertiary/aromatic N) is 6. The molecule has 0 unspecified atom stereocenters. The molecule has 1 saturated carbocycles. The molecular formula is C55H80IN10O4+. The third kappa shape index (κ3) is 18.1. The Kier molecular flexibility index (Phi) is 24.1. The van der Waals surface area contributed by atoms with Crippen LogP contribution < -0.4 is 35.6 Å². The van der Waals surface area contributed by atoms with Crippen molar-refractivity contribution in [2.24, 2.45) is 0 Å². The molecule has 4 amide bonds.